The number of aromatic nitrogens is 4. The van der Waals surface area contributed by atoms with E-state index in [9.17, 15) is 4.79 Å². The molecule has 0 aliphatic heterocycles. The molecule has 0 spiro atoms. The van der Waals surface area contributed by atoms with Crippen molar-refractivity contribution in [2.75, 3.05) is 12.4 Å². The molecule has 1 N–H and O–H groups in total. The Balaban J connectivity index is 1.59. The first-order chi connectivity index (χ1) is 18.2. The van der Waals surface area contributed by atoms with Crippen LogP contribution in [0.1, 0.15) is 18.7 Å². The van der Waals surface area contributed by atoms with Crippen molar-refractivity contribution in [2.24, 2.45) is 0 Å². The zero-order valence-corrected chi connectivity index (χ0v) is 21.1. The average Bonchev–Trinajstić information content (AvgIpc) is 3.43. The van der Waals surface area contributed by atoms with Gasteiger partial charge >= 0.3 is 0 Å². The summed E-state index contributed by atoms with van der Waals surface area (Å²) in [6, 6.07) is 25.2. The van der Waals surface area contributed by atoms with Gasteiger partial charge in [-0.25, -0.2) is 15.0 Å². The predicted octanol–water partition coefficient (Wildman–Crippen LogP) is 6.24. The highest BCUT2D eigenvalue weighted by molar-refractivity contribution is 7.16. The standard InChI is InChI=1S/C29H23N5O2S/c1-18(33-27-26-28(31-16-30-27)37-17-32-26)23-15-19-9-8-13-22(21-12-6-7-14-24(21)36-2)25(19)29(35)34(23)20-10-4-3-5-11-20/h3-18H,1-2H3,(H,30,31,33). The summed E-state index contributed by atoms with van der Waals surface area (Å²) in [6.07, 6.45) is 1.53. The molecule has 8 heteroatoms. The van der Waals surface area contributed by atoms with Crippen molar-refractivity contribution in [3.8, 4) is 22.6 Å². The minimum absolute atomic E-state index is 0.102. The van der Waals surface area contributed by atoms with Gasteiger partial charge in [0.1, 0.15) is 22.4 Å². The third-order valence-electron chi connectivity index (χ3n) is 6.42. The summed E-state index contributed by atoms with van der Waals surface area (Å²) in [6.45, 7) is 2.02. The molecule has 0 amide bonds. The maximum Gasteiger partial charge on any atom is 0.263 e. The Morgan fingerprint density at radius 3 is 2.54 bits per heavy atom. The Morgan fingerprint density at radius 2 is 1.70 bits per heavy atom. The van der Waals surface area contributed by atoms with E-state index in [2.05, 4.69) is 26.3 Å². The normalized spacial score (nSPS) is 12.1. The number of benzene rings is 3. The lowest BCUT2D eigenvalue weighted by Crippen LogP contribution is -2.26. The Morgan fingerprint density at radius 1 is 0.919 bits per heavy atom. The van der Waals surface area contributed by atoms with Gasteiger partial charge in [-0.3, -0.25) is 9.36 Å². The van der Waals surface area contributed by atoms with Crippen molar-refractivity contribution in [3.05, 3.63) is 107 Å². The van der Waals surface area contributed by atoms with Crippen LogP contribution in [0.25, 0.3) is 37.9 Å². The molecular weight excluding hydrogens is 482 g/mol. The summed E-state index contributed by atoms with van der Waals surface area (Å²) >= 11 is 1.46. The highest BCUT2D eigenvalue weighted by Gasteiger charge is 2.20. The van der Waals surface area contributed by atoms with Crippen LogP contribution in [0.2, 0.25) is 0 Å². The molecule has 0 bridgehead atoms. The van der Waals surface area contributed by atoms with Crippen molar-refractivity contribution < 1.29 is 4.74 Å². The molecule has 0 aliphatic carbocycles. The fourth-order valence-corrected chi connectivity index (χ4v) is 5.34. The van der Waals surface area contributed by atoms with Gasteiger partial charge in [0.2, 0.25) is 0 Å². The molecule has 0 aliphatic rings. The fraction of sp³-hybridized carbons (Fsp3) is 0.103. The van der Waals surface area contributed by atoms with E-state index in [-0.39, 0.29) is 11.6 Å². The second-order valence-corrected chi connectivity index (χ2v) is 9.44. The fourth-order valence-electron chi connectivity index (χ4n) is 4.71. The second-order valence-electron chi connectivity index (χ2n) is 8.61. The molecule has 3 heterocycles. The monoisotopic (exact) mass is 505 g/mol. The van der Waals surface area contributed by atoms with Crippen LogP contribution in [0.3, 0.4) is 0 Å². The number of fused-ring (bicyclic) bond motifs is 2. The number of methoxy groups -OCH3 is 1. The van der Waals surface area contributed by atoms with Crippen LogP contribution in [0.5, 0.6) is 5.75 Å². The van der Waals surface area contributed by atoms with Crippen molar-refractivity contribution >= 4 is 38.3 Å². The first-order valence-electron chi connectivity index (χ1n) is 11.8. The van der Waals surface area contributed by atoms with E-state index in [4.69, 9.17) is 4.74 Å². The van der Waals surface area contributed by atoms with Gasteiger partial charge < -0.3 is 10.1 Å². The molecule has 1 unspecified atom stereocenters. The zero-order chi connectivity index (χ0) is 25.4. The molecule has 182 valence electrons. The smallest absolute Gasteiger partial charge is 0.263 e. The first-order valence-corrected chi connectivity index (χ1v) is 12.7. The SMILES string of the molecule is COc1ccccc1-c1cccc2cc(C(C)Nc3ncnc4scnc34)n(-c3ccccc3)c(=O)c12. The quantitative estimate of drug-likeness (QED) is 0.289. The van der Waals surface area contributed by atoms with Gasteiger partial charge in [0.05, 0.1) is 24.0 Å². The number of para-hydroxylation sites is 2. The maximum absolute atomic E-state index is 14.3. The van der Waals surface area contributed by atoms with Gasteiger partial charge in [-0.2, -0.15) is 0 Å². The molecule has 0 radical (unpaired) electrons. The molecule has 0 fully saturated rings. The lowest BCUT2D eigenvalue weighted by molar-refractivity contribution is 0.416. The summed E-state index contributed by atoms with van der Waals surface area (Å²) < 4.78 is 7.40. The van der Waals surface area contributed by atoms with E-state index in [0.717, 1.165) is 38.5 Å². The lowest BCUT2D eigenvalue weighted by atomic mass is 9.97. The zero-order valence-electron chi connectivity index (χ0n) is 20.3. The van der Waals surface area contributed by atoms with E-state index < -0.39 is 0 Å². The molecule has 6 aromatic rings. The van der Waals surface area contributed by atoms with Crippen LogP contribution in [-0.4, -0.2) is 26.6 Å². The topological polar surface area (TPSA) is 81.9 Å². The Bertz CT molecular complexity index is 1800. The molecule has 3 aromatic carbocycles. The molecule has 7 nitrogen and oxygen atoms in total. The van der Waals surface area contributed by atoms with Gasteiger partial charge in [-0.1, -0.05) is 54.6 Å². The minimum Gasteiger partial charge on any atom is -0.496 e. The number of hydrogen-bond acceptors (Lipinski definition) is 7. The van der Waals surface area contributed by atoms with E-state index in [1.54, 1.807) is 17.2 Å². The molecule has 0 saturated heterocycles. The molecular formula is C29H23N5O2S. The van der Waals surface area contributed by atoms with Crippen LogP contribution < -0.4 is 15.6 Å². The van der Waals surface area contributed by atoms with Crippen molar-refractivity contribution in [2.45, 2.75) is 13.0 Å². The molecule has 0 saturated carbocycles. The number of rotatable bonds is 6. The number of nitrogens with one attached hydrogen (secondary N) is 1. The summed E-state index contributed by atoms with van der Waals surface area (Å²) in [5.74, 6) is 1.35. The van der Waals surface area contributed by atoms with E-state index >= 15 is 0 Å². The Labute approximate surface area is 217 Å². The number of pyridine rings is 1. The number of hydrogen-bond donors (Lipinski definition) is 1. The minimum atomic E-state index is -0.257. The van der Waals surface area contributed by atoms with Gasteiger partial charge in [0.25, 0.3) is 5.56 Å². The first kappa shape index (κ1) is 22.9. The van der Waals surface area contributed by atoms with Crippen LogP contribution in [0.4, 0.5) is 5.82 Å². The highest BCUT2D eigenvalue weighted by Crippen LogP contribution is 2.35. The van der Waals surface area contributed by atoms with Gasteiger partial charge in [-0.05, 0) is 42.1 Å². The van der Waals surface area contributed by atoms with E-state index in [1.807, 2.05) is 79.7 Å². The molecule has 3 aromatic heterocycles. The number of thiazole rings is 1. The Hall–Kier alpha value is -4.56. The van der Waals surface area contributed by atoms with Crippen LogP contribution in [0, 0.1) is 0 Å². The van der Waals surface area contributed by atoms with E-state index in [1.165, 1.54) is 17.7 Å². The van der Waals surface area contributed by atoms with Crippen LogP contribution >= 0.6 is 11.3 Å². The van der Waals surface area contributed by atoms with Crippen LogP contribution in [-0.2, 0) is 0 Å². The molecule has 37 heavy (non-hydrogen) atoms. The van der Waals surface area contributed by atoms with Gasteiger partial charge in [0.15, 0.2) is 5.82 Å². The Kier molecular flexibility index (Phi) is 5.86. The van der Waals surface area contributed by atoms with Crippen LogP contribution in [0.15, 0.2) is 95.5 Å². The third kappa shape index (κ3) is 4.01. The van der Waals surface area contributed by atoms with Crippen molar-refractivity contribution in [1.29, 1.82) is 0 Å². The molecule has 6 rings (SSSR count). The summed E-state index contributed by atoms with van der Waals surface area (Å²) in [5.41, 5.74) is 5.67. The average molecular weight is 506 g/mol. The van der Waals surface area contributed by atoms with Crippen molar-refractivity contribution in [3.63, 3.8) is 0 Å². The molecule has 1 atom stereocenters. The number of nitrogens with zero attached hydrogens (tertiary/aromatic N) is 4. The second kappa shape index (κ2) is 9.48. The number of anilines is 1. The van der Waals surface area contributed by atoms with Gasteiger partial charge in [-0.15, -0.1) is 11.3 Å². The van der Waals surface area contributed by atoms with Gasteiger partial charge in [0, 0.05) is 16.9 Å². The summed E-state index contributed by atoms with van der Waals surface area (Å²) in [4.78, 5) is 28.3. The predicted molar refractivity (Wildman–Crippen MR) is 149 cm³/mol. The maximum atomic E-state index is 14.3. The van der Waals surface area contributed by atoms with Crippen molar-refractivity contribution in [1.82, 2.24) is 19.5 Å². The third-order valence-corrected chi connectivity index (χ3v) is 7.15. The largest absolute Gasteiger partial charge is 0.496 e. The lowest BCUT2D eigenvalue weighted by Gasteiger charge is -2.22. The van der Waals surface area contributed by atoms with E-state index in [0.29, 0.717) is 16.7 Å². The number of ether oxygens (including phenoxy) is 1. The summed E-state index contributed by atoms with van der Waals surface area (Å²) in [5, 5.41) is 4.95. The summed E-state index contributed by atoms with van der Waals surface area (Å²) in [7, 11) is 1.64. The highest BCUT2D eigenvalue weighted by atomic mass is 32.1.